The van der Waals surface area contributed by atoms with Crippen molar-refractivity contribution in [3.63, 3.8) is 0 Å². The van der Waals surface area contributed by atoms with Crippen molar-refractivity contribution in [3.05, 3.63) is 0 Å². The van der Waals surface area contributed by atoms with E-state index in [0.717, 1.165) is 38.1 Å². The van der Waals surface area contributed by atoms with E-state index >= 15 is 0 Å². The number of piperidine rings is 1. The van der Waals surface area contributed by atoms with E-state index in [1.807, 2.05) is 0 Å². The molecule has 3 amide bonds. The number of likely N-dealkylation sites (tertiary alicyclic amines) is 1. The molecule has 0 aromatic heterocycles. The third-order valence-electron chi connectivity index (χ3n) is 4.81. The maximum absolute atomic E-state index is 12.4. The molecule has 1 heterocycles. The molecule has 2 fully saturated rings. The number of nitrogens with zero attached hydrogens (tertiary/aromatic N) is 2. The number of carbonyl (C=O) groups excluding carboxylic acids is 2. The van der Waals surface area contributed by atoms with Gasteiger partial charge in [0.15, 0.2) is 0 Å². The van der Waals surface area contributed by atoms with Gasteiger partial charge in [0.1, 0.15) is 0 Å². The molecule has 0 radical (unpaired) electrons. The van der Waals surface area contributed by atoms with Gasteiger partial charge in [0.25, 0.3) is 0 Å². The van der Waals surface area contributed by atoms with E-state index in [9.17, 15) is 9.59 Å². The van der Waals surface area contributed by atoms with Crippen LogP contribution in [0.15, 0.2) is 0 Å². The van der Waals surface area contributed by atoms with Crippen LogP contribution in [0.4, 0.5) is 4.79 Å². The highest BCUT2D eigenvalue weighted by molar-refractivity contribution is 5.81. The molecule has 1 N–H and O–H groups in total. The van der Waals surface area contributed by atoms with Gasteiger partial charge in [-0.3, -0.25) is 4.79 Å². The molecule has 120 valence electrons. The van der Waals surface area contributed by atoms with E-state index in [1.54, 1.807) is 23.9 Å². The fourth-order valence-corrected chi connectivity index (χ4v) is 3.37. The van der Waals surface area contributed by atoms with Crippen LogP contribution in [0.2, 0.25) is 0 Å². The lowest BCUT2D eigenvalue weighted by molar-refractivity contribution is -0.127. The molecule has 0 spiro atoms. The maximum Gasteiger partial charge on any atom is 0.319 e. The number of hydrogen-bond acceptors (Lipinski definition) is 2. The molecule has 2 rings (SSSR count). The molecule has 0 aromatic carbocycles. The molecule has 2 aliphatic rings. The maximum atomic E-state index is 12.4. The van der Waals surface area contributed by atoms with E-state index in [4.69, 9.17) is 0 Å². The average Bonchev–Trinajstić information content (AvgIpc) is 2.48. The highest BCUT2D eigenvalue weighted by Crippen LogP contribution is 2.24. The Kier molecular flexibility index (Phi) is 5.48. The highest BCUT2D eigenvalue weighted by Gasteiger charge is 2.30. The standard InChI is InChI=1S/C16H29N3O2/c1-12-6-8-14(9-7-12)17-15(20)13-5-4-10-19(11-13)16(21)18(2)3/h12-14H,4-11H2,1-3H3,(H,17,20). The largest absolute Gasteiger partial charge is 0.353 e. The molecule has 1 atom stereocenters. The molecular weight excluding hydrogens is 266 g/mol. The van der Waals surface area contributed by atoms with Crippen molar-refractivity contribution >= 4 is 11.9 Å². The first-order chi connectivity index (χ1) is 9.97. The lowest BCUT2D eigenvalue weighted by Gasteiger charge is -2.35. The first kappa shape index (κ1) is 16.1. The van der Waals surface area contributed by atoms with E-state index in [-0.39, 0.29) is 17.9 Å². The van der Waals surface area contributed by atoms with Crippen molar-refractivity contribution in [2.24, 2.45) is 11.8 Å². The Morgan fingerprint density at radius 1 is 1.10 bits per heavy atom. The second kappa shape index (κ2) is 7.14. The van der Waals surface area contributed by atoms with Gasteiger partial charge in [0.2, 0.25) is 5.91 Å². The van der Waals surface area contributed by atoms with E-state index < -0.39 is 0 Å². The Morgan fingerprint density at radius 2 is 1.76 bits per heavy atom. The zero-order valence-electron chi connectivity index (χ0n) is 13.6. The van der Waals surface area contributed by atoms with Crippen LogP contribution in [0.1, 0.15) is 45.4 Å². The average molecular weight is 295 g/mol. The molecule has 1 aliphatic heterocycles. The van der Waals surface area contributed by atoms with Gasteiger partial charge in [-0.2, -0.15) is 0 Å². The number of rotatable bonds is 2. The zero-order valence-corrected chi connectivity index (χ0v) is 13.6. The summed E-state index contributed by atoms with van der Waals surface area (Å²) in [5.41, 5.74) is 0. The monoisotopic (exact) mass is 295 g/mol. The zero-order chi connectivity index (χ0) is 15.4. The third-order valence-corrected chi connectivity index (χ3v) is 4.81. The summed E-state index contributed by atoms with van der Waals surface area (Å²) in [7, 11) is 3.52. The molecule has 1 saturated heterocycles. The molecule has 0 bridgehead atoms. The number of amides is 3. The van der Waals surface area contributed by atoms with E-state index in [1.165, 1.54) is 12.8 Å². The fraction of sp³-hybridized carbons (Fsp3) is 0.875. The fourth-order valence-electron chi connectivity index (χ4n) is 3.37. The van der Waals surface area contributed by atoms with Gasteiger partial charge >= 0.3 is 6.03 Å². The van der Waals surface area contributed by atoms with Crippen LogP contribution in [0.25, 0.3) is 0 Å². The van der Waals surface area contributed by atoms with Crippen molar-refractivity contribution in [3.8, 4) is 0 Å². The Morgan fingerprint density at radius 3 is 2.38 bits per heavy atom. The molecule has 1 unspecified atom stereocenters. The summed E-state index contributed by atoms with van der Waals surface area (Å²) < 4.78 is 0. The summed E-state index contributed by atoms with van der Waals surface area (Å²) in [5.74, 6) is 0.897. The summed E-state index contributed by atoms with van der Waals surface area (Å²) >= 11 is 0. The minimum atomic E-state index is -0.0398. The summed E-state index contributed by atoms with van der Waals surface area (Å²) in [5, 5.41) is 3.21. The van der Waals surface area contributed by atoms with Crippen LogP contribution in [-0.4, -0.2) is 55.0 Å². The van der Waals surface area contributed by atoms with Crippen LogP contribution in [0.3, 0.4) is 0 Å². The summed E-state index contributed by atoms with van der Waals surface area (Å²) in [6, 6.07) is 0.354. The van der Waals surface area contributed by atoms with Gasteiger partial charge in [-0.1, -0.05) is 6.92 Å². The Hall–Kier alpha value is -1.26. The van der Waals surface area contributed by atoms with Crippen molar-refractivity contribution in [2.75, 3.05) is 27.2 Å². The minimum absolute atomic E-state index is 0.0130. The predicted molar refractivity (Wildman–Crippen MR) is 82.9 cm³/mol. The van der Waals surface area contributed by atoms with Crippen LogP contribution in [0, 0.1) is 11.8 Å². The second-order valence-corrected chi connectivity index (χ2v) is 6.93. The summed E-state index contributed by atoms with van der Waals surface area (Å²) in [4.78, 5) is 27.8. The molecule has 1 aliphatic carbocycles. The normalized spacial score (nSPS) is 29.9. The first-order valence-electron chi connectivity index (χ1n) is 8.24. The van der Waals surface area contributed by atoms with Gasteiger partial charge in [0, 0.05) is 33.2 Å². The molecule has 21 heavy (non-hydrogen) atoms. The Bertz CT molecular complexity index is 376. The van der Waals surface area contributed by atoms with E-state index in [0.29, 0.717) is 12.6 Å². The van der Waals surface area contributed by atoms with Crippen molar-refractivity contribution in [1.29, 1.82) is 0 Å². The van der Waals surface area contributed by atoms with Crippen molar-refractivity contribution in [2.45, 2.75) is 51.5 Å². The Labute approximate surface area is 128 Å². The van der Waals surface area contributed by atoms with Crippen LogP contribution in [-0.2, 0) is 4.79 Å². The first-order valence-corrected chi connectivity index (χ1v) is 8.24. The summed E-state index contributed by atoms with van der Waals surface area (Å²) in [6.45, 7) is 3.61. The van der Waals surface area contributed by atoms with Gasteiger partial charge in [-0.05, 0) is 44.4 Å². The molecular formula is C16H29N3O2. The van der Waals surface area contributed by atoms with Gasteiger partial charge in [-0.25, -0.2) is 4.79 Å². The number of carbonyl (C=O) groups is 2. The van der Waals surface area contributed by atoms with Crippen LogP contribution >= 0.6 is 0 Å². The Balaban J connectivity index is 1.83. The van der Waals surface area contributed by atoms with Crippen LogP contribution in [0.5, 0.6) is 0 Å². The van der Waals surface area contributed by atoms with Gasteiger partial charge in [0.05, 0.1) is 5.92 Å². The van der Waals surface area contributed by atoms with Crippen molar-refractivity contribution < 1.29 is 9.59 Å². The molecule has 5 nitrogen and oxygen atoms in total. The molecule has 0 aromatic rings. The smallest absolute Gasteiger partial charge is 0.319 e. The lowest BCUT2D eigenvalue weighted by Crippen LogP contribution is -2.50. The molecule has 5 heteroatoms. The topological polar surface area (TPSA) is 52.7 Å². The quantitative estimate of drug-likeness (QED) is 0.848. The van der Waals surface area contributed by atoms with Crippen molar-refractivity contribution in [1.82, 2.24) is 15.1 Å². The SMILES string of the molecule is CC1CCC(NC(=O)C2CCCN(C(=O)N(C)C)C2)CC1. The lowest BCUT2D eigenvalue weighted by atomic mass is 9.87. The second-order valence-electron chi connectivity index (χ2n) is 6.93. The van der Waals surface area contributed by atoms with Gasteiger partial charge < -0.3 is 15.1 Å². The minimum Gasteiger partial charge on any atom is -0.353 e. The summed E-state index contributed by atoms with van der Waals surface area (Å²) in [6.07, 6.45) is 6.42. The van der Waals surface area contributed by atoms with E-state index in [2.05, 4.69) is 12.2 Å². The van der Waals surface area contributed by atoms with Crippen LogP contribution < -0.4 is 5.32 Å². The number of nitrogens with one attached hydrogen (secondary N) is 1. The highest BCUT2D eigenvalue weighted by atomic mass is 16.2. The molecule has 1 saturated carbocycles. The van der Waals surface area contributed by atoms with Gasteiger partial charge in [-0.15, -0.1) is 0 Å². The number of urea groups is 1. The number of hydrogen-bond donors (Lipinski definition) is 1. The predicted octanol–water partition coefficient (Wildman–Crippen LogP) is 2.07. The third kappa shape index (κ3) is 4.35.